The number of carbonyl (C=O) groups is 1. The monoisotopic (exact) mass is 394 g/mol. The maximum absolute atomic E-state index is 13.6. The van der Waals surface area contributed by atoms with Crippen LogP contribution in [0.15, 0.2) is 42.6 Å². The lowest BCUT2D eigenvalue weighted by molar-refractivity contribution is -0.137. The predicted octanol–water partition coefficient (Wildman–Crippen LogP) is 3.70. The van der Waals surface area contributed by atoms with Crippen molar-refractivity contribution in [2.45, 2.75) is 64.1 Å². The van der Waals surface area contributed by atoms with Crippen LogP contribution in [-0.2, 0) is 11.3 Å². The van der Waals surface area contributed by atoms with Crippen molar-refractivity contribution in [1.82, 2.24) is 19.6 Å². The maximum atomic E-state index is 13.6. The van der Waals surface area contributed by atoms with Gasteiger partial charge in [0.2, 0.25) is 5.91 Å². The van der Waals surface area contributed by atoms with Crippen molar-refractivity contribution >= 4 is 5.91 Å². The molecule has 5 nitrogen and oxygen atoms in total. The van der Waals surface area contributed by atoms with Gasteiger partial charge in [-0.2, -0.15) is 5.10 Å². The summed E-state index contributed by atoms with van der Waals surface area (Å²) >= 11 is 0. The van der Waals surface area contributed by atoms with Gasteiger partial charge in [0.25, 0.3) is 0 Å². The molecule has 156 valence electrons. The smallest absolute Gasteiger partial charge is 0.227 e. The van der Waals surface area contributed by atoms with Crippen LogP contribution >= 0.6 is 0 Å². The van der Waals surface area contributed by atoms with E-state index in [1.54, 1.807) is 0 Å². The summed E-state index contributed by atoms with van der Waals surface area (Å²) in [6, 6.07) is 13.5. The molecule has 4 atom stereocenters. The van der Waals surface area contributed by atoms with Crippen molar-refractivity contribution in [3.8, 4) is 0 Å². The van der Waals surface area contributed by atoms with Crippen LogP contribution in [0.5, 0.6) is 0 Å². The van der Waals surface area contributed by atoms with Crippen LogP contribution in [0, 0.1) is 12.8 Å². The Kier molecular flexibility index (Phi) is 6.04. The molecule has 3 heterocycles. The minimum absolute atomic E-state index is 0.0692. The molecule has 0 aliphatic carbocycles. The molecule has 2 aromatic rings. The van der Waals surface area contributed by atoms with E-state index in [1.165, 1.54) is 24.8 Å². The lowest BCUT2D eigenvalue weighted by Gasteiger charge is -2.37. The van der Waals surface area contributed by atoms with Gasteiger partial charge in [-0.25, -0.2) is 0 Å². The number of benzene rings is 1. The number of rotatable bonds is 4. The first-order chi connectivity index (χ1) is 14.0. The van der Waals surface area contributed by atoms with E-state index >= 15 is 0 Å². The molecule has 1 amide bonds. The SMILES string of the molecule is Cc1ccn(C[C@H](C)C(=O)N2C[C@@H](c3ccccc3)[C@H]3[C@H]2CCCCCN3C)n1. The summed E-state index contributed by atoms with van der Waals surface area (Å²) in [6.07, 6.45) is 6.81. The van der Waals surface area contributed by atoms with Crippen LogP contribution in [0.3, 0.4) is 0 Å². The summed E-state index contributed by atoms with van der Waals surface area (Å²) in [6.45, 7) is 6.63. The summed E-state index contributed by atoms with van der Waals surface area (Å²) < 4.78 is 1.91. The summed E-state index contributed by atoms with van der Waals surface area (Å²) in [5, 5.41) is 4.48. The molecule has 29 heavy (non-hydrogen) atoms. The second kappa shape index (κ2) is 8.70. The highest BCUT2D eigenvalue weighted by molar-refractivity contribution is 5.79. The van der Waals surface area contributed by atoms with Crippen LogP contribution < -0.4 is 0 Å². The van der Waals surface area contributed by atoms with Crippen LogP contribution in [0.25, 0.3) is 0 Å². The van der Waals surface area contributed by atoms with Gasteiger partial charge < -0.3 is 9.80 Å². The summed E-state index contributed by atoms with van der Waals surface area (Å²) in [7, 11) is 2.25. The number of amides is 1. The molecule has 2 saturated heterocycles. The molecule has 5 heteroatoms. The van der Waals surface area contributed by atoms with Crippen LogP contribution in [-0.4, -0.2) is 57.7 Å². The van der Waals surface area contributed by atoms with Crippen LogP contribution in [0.1, 0.15) is 49.8 Å². The Morgan fingerprint density at radius 3 is 2.69 bits per heavy atom. The van der Waals surface area contributed by atoms with Gasteiger partial charge in [-0.3, -0.25) is 9.48 Å². The van der Waals surface area contributed by atoms with E-state index in [2.05, 4.69) is 59.2 Å². The minimum atomic E-state index is -0.0692. The second-order valence-electron chi connectivity index (χ2n) is 8.98. The van der Waals surface area contributed by atoms with Gasteiger partial charge in [0.05, 0.1) is 18.2 Å². The average molecular weight is 395 g/mol. The second-order valence-corrected chi connectivity index (χ2v) is 8.98. The number of carbonyl (C=O) groups excluding carboxylic acids is 1. The quantitative estimate of drug-likeness (QED) is 0.794. The first-order valence-corrected chi connectivity index (χ1v) is 11.1. The lowest BCUT2D eigenvalue weighted by Crippen LogP contribution is -2.49. The number of aryl methyl sites for hydroxylation is 1. The number of hydrogen-bond acceptors (Lipinski definition) is 3. The van der Waals surface area contributed by atoms with Gasteiger partial charge in [0.1, 0.15) is 0 Å². The number of aromatic nitrogens is 2. The molecule has 4 rings (SSSR count). The standard InChI is InChI=1S/C24H34N4O/c1-18(16-27-15-13-19(2)25-27)24(29)28-17-21(20-10-6-4-7-11-20)23-22(28)12-8-5-9-14-26(23)3/h4,6-7,10-11,13,15,18,21-23H,5,8-9,12,14,16-17H2,1-3H3/t18-,21-,22+,23-/m0/s1. The van der Waals surface area contributed by atoms with Gasteiger partial charge in [0.15, 0.2) is 0 Å². The number of likely N-dealkylation sites (tertiary alicyclic amines) is 2. The Labute approximate surface area is 174 Å². The highest BCUT2D eigenvalue weighted by Crippen LogP contribution is 2.39. The fourth-order valence-corrected chi connectivity index (χ4v) is 5.34. The average Bonchev–Trinajstić information content (AvgIpc) is 3.29. The Morgan fingerprint density at radius 2 is 1.97 bits per heavy atom. The van der Waals surface area contributed by atoms with Crippen molar-refractivity contribution < 1.29 is 4.79 Å². The molecule has 0 spiro atoms. The summed E-state index contributed by atoms with van der Waals surface area (Å²) in [5.41, 5.74) is 2.36. The topological polar surface area (TPSA) is 41.4 Å². The number of fused-ring (bicyclic) bond motifs is 1. The normalized spacial score (nSPS) is 26.6. The van der Waals surface area contributed by atoms with Crippen molar-refractivity contribution in [2.75, 3.05) is 20.1 Å². The van der Waals surface area contributed by atoms with E-state index in [9.17, 15) is 4.79 Å². The Balaban J connectivity index is 1.58. The van der Waals surface area contributed by atoms with E-state index in [4.69, 9.17) is 0 Å². The molecule has 0 bridgehead atoms. The first kappa shape index (κ1) is 20.1. The third kappa shape index (κ3) is 4.25. The zero-order valence-corrected chi connectivity index (χ0v) is 18.0. The zero-order chi connectivity index (χ0) is 20.4. The third-order valence-electron chi connectivity index (χ3n) is 6.79. The van der Waals surface area contributed by atoms with Gasteiger partial charge in [-0.05, 0) is 45.0 Å². The highest BCUT2D eigenvalue weighted by atomic mass is 16.2. The van der Waals surface area contributed by atoms with Crippen molar-refractivity contribution in [1.29, 1.82) is 0 Å². The van der Waals surface area contributed by atoms with E-state index in [0.717, 1.165) is 25.2 Å². The molecule has 1 aromatic heterocycles. The summed E-state index contributed by atoms with van der Waals surface area (Å²) in [4.78, 5) is 18.3. The Morgan fingerprint density at radius 1 is 1.17 bits per heavy atom. The van der Waals surface area contributed by atoms with Crippen LogP contribution in [0.4, 0.5) is 0 Å². The Hall–Kier alpha value is -2.14. The van der Waals surface area contributed by atoms with Gasteiger partial charge >= 0.3 is 0 Å². The van der Waals surface area contributed by atoms with E-state index in [1.807, 2.05) is 23.9 Å². The molecular formula is C24H34N4O. The van der Waals surface area contributed by atoms with Crippen LogP contribution in [0.2, 0.25) is 0 Å². The molecule has 0 unspecified atom stereocenters. The van der Waals surface area contributed by atoms with E-state index in [-0.39, 0.29) is 11.8 Å². The van der Waals surface area contributed by atoms with Crippen molar-refractivity contribution in [3.63, 3.8) is 0 Å². The van der Waals surface area contributed by atoms with E-state index < -0.39 is 0 Å². The number of likely N-dealkylation sites (N-methyl/N-ethyl adjacent to an activating group) is 1. The molecule has 0 radical (unpaired) electrons. The fraction of sp³-hybridized carbons (Fsp3) is 0.583. The van der Waals surface area contributed by atoms with Gasteiger partial charge in [0, 0.05) is 30.7 Å². The molecule has 1 aromatic carbocycles. The number of hydrogen-bond donors (Lipinski definition) is 0. The first-order valence-electron chi connectivity index (χ1n) is 11.1. The van der Waals surface area contributed by atoms with Crippen molar-refractivity contribution in [3.05, 3.63) is 53.9 Å². The number of nitrogens with zero attached hydrogens (tertiary/aromatic N) is 4. The molecule has 2 aliphatic rings. The Bertz CT molecular complexity index is 817. The largest absolute Gasteiger partial charge is 0.337 e. The molecule has 2 aliphatic heterocycles. The molecular weight excluding hydrogens is 360 g/mol. The maximum Gasteiger partial charge on any atom is 0.227 e. The molecule has 0 saturated carbocycles. The van der Waals surface area contributed by atoms with E-state index in [0.29, 0.717) is 24.5 Å². The van der Waals surface area contributed by atoms with Crippen molar-refractivity contribution in [2.24, 2.45) is 5.92 Å². The minimum Gasteiger partial charge on any atom is -0.337 e. The third-order valence-corrected chi connectivity index (χ3v) is 6.79. The molecule has 0 N–H and O–H groups in total. The predicted molar refractivity (Wildman–Crippen MR) is 116 cm³/mol. The highest BCUT2D eigenvalue weighted by Gasteiger charge is 2.46. The lowest BCUT2D eigenvalue weighted by atomic mass is 9.87. The zero-order valence-electron chi connectivity index (χ0n) is 18.0. The molecule has 2 fully saturated rings. The van der Waals surface area contributed by atoms with Gasteiger partial charge in [-0.15, -0.1) is 0 Å². The fourth-order valence-electron chi connectivity index (χ4n) is 5.34. The van der Waals surface area contributed by atoms with Gasteiger partial charge in [-0.1, -0.05) is 50.1 Å². The summed E-state index contributed by atoms with van der Waals surface area (Å²) in [5.74, 6) is 0.591.